The lowest BCUT2D eigenvalue weighted by Crippen LogP contribution is -1.77. The summed E-state index contributed by atoms with van der Waals surface area (Å²) in [4.78, 5) is 0. The minimum Gasteiger partial charge on any atom is -0.469 e. The highest BCUT2D eigenvalue weighted by atomic mass is 16.3. The lowest BCUT2D eigenvalue weighted by Gasteiger charge is -1.90. The van der Waals surface area contributed by atoms with E-state index < -0.39 is 31.7 Å². The van der Waals surface area contributed by atoms with Crippen LogP contribution in [0.4, 0.5) is 0 Å². The quantitative estimate of drug-likeness (QED) is 0.617. The Balaban J connectivity index is 3.30. The van der Waals surface area contributed by atoms with Crippen LogP contribution in [0.1, 0.15) is 37.7 Å². The van der Waals surface area contributed by atoms with Crippen molar-refractivity contribution >= 4 is 0 Å². The largest absolute Gasteiger partial charge is 0.469 e. The monoisotopic (exact) mass is 133 g/mol. The van der Waals surface area contributed by atoms with Crippen LogP contribution in [0, 0.1) is 0 Å². The van der Waals surface area contributed by atoms with E-state index in [2.05, 4.69) is 0 Å². The van der Waals surface area contributed by atoms with Gasteiger partial charge in [-0.05, 0) is 18.5 Å². The summed E-state index contributed by atoms with van der Waals surface area (Å²) in [5, 5.41) is 0. The number of hydrogen-bond acceptors (Lipinski definition) is 1. The molecule has 1 heteroatoms. The van der Waals surface area contributed by atoms with Crippen molar-refractivity contribution in [1.82, 2.24) is 0 Å². The van der Waals surface area contributed by atoms with Gasteiger partial charge in [-0.15, -0.1) is 0 Å². The summed E-state index contributed by atoms with van der Waals surface area (Å²) < 4.78 is 70.9. The molecule has 1 aromatic rings. The third-order valence-corrected chi connectivity index (χ3v) is 0.769. The van der Waals surface area contributed by atoms with Crippen LogP contribution in [-0.4, -0.2) is 0 Å². The minimum atomic E-state index is -3.36. The van der Waals surface area contributed by atoms with E-state index in [0.717, 1.165) is 12.3 Å². The van der Waals surface area contributed by atoms with Gasteiger partial charge >= 0.3 is 0 Å². The lowest BCUT2D eigenvalue weighted by molar-refractivity contribution is 0.500. The van der Waals surface area contributed by atoms with Crippen LogP contribution in [-0.2, 0) is 6.37 Å². The van der Waals surface area contributed by atoms with Gasteiger partial charge in [-0.1, -0.05) is 13.2 Å². The summed E-state index contributed by atoms with van der Waals surface area (Å²) in [6, 6.07) is 2.45. The summed E-state index contributed by atoms with van der Waals surface area (Å²) in [7, 11) is 0. The number of furan rings is 1. The molecule has 0 N–H and O–H groups in total. The number of rotatable bonds is 3. The Hall–Kier alpha value is -0.720. The molecule has 9 heavy (non-hydrogen) atoms. The molecular formula is C8H12O. The predicted molar refractivity (Wildman–Crippen MR) is 37.3 cm³/mol. The van der Waals surface area contributed by atoms with Gasteiger partial charge in [0.25, 0.3) is 0 Å². The molecule has 50 valence electrons. The van der Waals surface area contributed by atoms with Crippen molar-refractivity contribution < 1.29 is 16.8 Å². The van der Waals surface area contributed by atoms with Gasteiger partial charge in [0.1, 0.15) is 5.76 Å². The van der Waals surface area contributed by atoms with Crippen LogP contribution in [0.25, 0.3) is 0 Å². The molecule has 0 saturated carbocycles. The maximum Gasteiger partial charge on any atom is 0.103 e. The van der Waals surface area contributed by atoms with Crippen LogP contribution in [0.5, 0.6) is 0 Å². The molecule has 0 aliphatic carbocycles. The SMILES string of the molecule is [2H]C([2H])([2H])C([2H])([2H])C([2H])([2H])C([2H])([2H])c1ccco1. The highest BCUT2D eigenvalue weighted by molar-refractivity contribution is 4.97. The third-order valence-electron chi connectivity index (χ3n) is 0.769. The van der Waals surface area contributed by atoms with Gasteiger partial charge in [0.15, 0.2) is 0 Å². The predicted octanol–water partition coefficient (Wildman–Crippen LogP) is 2.62. The molecule has 0 aromatic carbocycles. The average Bonchev–Trinajstić information content (AvgIpc) is 2.68. The van der Waals surface area contributed by atoms with Crippen molar-refractivity contribution in [2.45, 2.75) is 26.0 Å². The summed E-state index contributed by atoms with van der Waals surface area (Å²) in [6.45, 7) is -3.30. The minimum absolute atomic E-state index is 0.458. The Morgan fingerprint density at radius 3 is 3.56 bits per heavy atom. The van der Waals surface area contributed by atoms with Crippen LogP contribution < -0.4 is 0 Å². The molecule has 1 nitrogen and oxygen atoms in total. The van der Waals surface area contributed by atoms with Crippen molar-refractivity contribution in [2.75, 3.05) is 0 Å². The summed E-state index contributed by atoms with van der Waals surface area (Å²) in [5.41, 5.74) is 0. The molecule has 0 fully saturated rings. The number of aryl methyl sites for hydroxylation is 1. The van der Waals surface area contributed by atoms with E-state index in [4.69, 9.17) is 16.8 Å². The lowest BCUT2D eigenvalue weighted by atomic mass is 10.2. The van der Waals surface area contributed by atoms with E-state index in [1.165, 1.54) is 6.07 Å². The average molecular weight is 133 g/mol. The van der Waals surface area contributed by atoms with Gasteiger partial charge in [0, 0.05) is 18.7 Å². The van der Waals surface area contributed by atoms with E-state index >= 15 is 0 Å². The van der Waals surface area contributed by atoms with Crippen LogP contribution in [0.2, 0.25) is 0 Å². The smallest absolute Gasteiger partial charge is 0.103 e. The molecule has 0 aliphatic heterocycles. The molecule has 0 atom stereocenters. The van der Waals surface area contributed by atoms with Crippen molar-refractivity contribution in [1.29, 1.82) is 0 Å². The summed E-state index contributed by atoms with van der Waals surface area (Å²) >= 11 is 0. The summed E-state index contributed by atoms with van der Waals surface area (Å²) in [6.07, 6.45) is -8.46. The molecule has 1 aromatic heterocycles. The molecule has 0 aliphatic rings. The Bertz CT molecular complexity index is 403. The molecule has 0 spiro atoms. The van der Waals surface area contributed by atoms with E-state index in [1.807, 2.05) is 0 Å². The first-order valence-electron chi connectivity index (χ1n) is 6.90. The molecule has 0 amide bonds. The first kappa shape index (κ1) is 1.47. The second-order valence-corrected chi connectivity index (χ2v) is 1.35. The highest BCUT2D eigenvalue weighted by Gasteiger charge is 1.91. The van der Waals surface area contributed by atoms with E-state index in [9.17, 15) is 0 Å². The highest BCUT2D eigenvalue weighted by Crippen LogP contribution is 2.04. The maximum atomic E-state index is 7.63. The van der Waals surface area contributed by atoms with Crippen molar-refractivity contribution in [3.63, 3.8) is 0 Å². The Morgan fingerprint density at radius 2 is 2.89 bits per heavy atom. The third kappa shape index (κ3) is 1.92. The Morgan fingerprint density at radius 1 is 1.89 bits per heavy atom. The van der Waals surface area contributed by atoms with Crippen LogP contribution in [0.3, 0.4) is 0 Å². The zero-order valence-corrected chi connectivity index (χ0v) is 4.64. The normalized spacial score (nSPS) is 30.9. The molecule has 0 unspecified atom stereocenters. The molecule has 0 radical (unpaired) electrons. The maximum absolute atomic E-state index is 7.63. The van der Waals surface area contributed by atoms with Crippen molar-refractivity contribution in [3.05, 3.63) is 24.2 Å². The van der Waals surface area contributed by atoms with E-state index in [1.54, 1.807) is 0 Å². The molecule has 0 saturated heterocycles. The van der Waals surface area contributed by atoms with Crippen LogP contribution in [0.15, 0.2) is 22.8 Å². The van der Waals surface area contributed by atoms with Crippen molar-refractivity contribution in [2.24, 2.45) is 0 Å². The van der Waals surface area contributed by atoms with Gasteiger partial charge in [0.05, 0.1) is 6.26 Å². The molecule has 1 rings (SSSR count). The van der Waals surface area contributed by atoms with Gasteiger partial charge in [-0.3, -0.25) is 0 Å². The standard InChI is InChI=1S/C8H12O/c1-2-3-5-8-6-4-7-9-8/h4,6-7H,2-3,5H2,1H3/i1D3,2D2,3D2,5D2. The zero-order chi connectivity index (χ0) is 14.4. The fourth-order valence-corrected chi connectivity index (χ4v) is 0.443. The zero-order valence-electron chi connectivity index (χ0n) is 13.6. The van der Waals surface area contributed by atoms with Gasteiger partial charge in [0.2, 0.25) is 0 Å². The fourth-order valence-electron chi connectivity index (χ4n) is 0.443. The fraction of sp³-hybridized carbons (Fsp3) is 0.500. The Labute approximate surface area is 68.3 Å². The van der Waals surface area contributed by atoms with Gasteiger partial charge in [-0.2, -0.15) is 0 Å². The molecule has 0 bridgehead atoms. The first-order chi connectivity index (χ1) is 7.86. The molecular weight excluding hydrogens is 112 g/mol. The van der Waals surface area contributed by atoms with Gasteiger partial charge in [-0.25, -0.2) is 0 Å². The second kappa shape index (κ2) is 3.33. The second-order valence-electron chi connectivity index (χ2n) is 1.35. The summed E-state index contributed by atoms with van der Waals surface area (Å²) in [5.74, 6) is -0.458. The first-order valence-corrected chi connectivity index (χ1v) is 2.40. The van der Waals surface area contributed by atoms with Crippen LogP contribution >= 0.6 is 0 Å². The number of hydrogen-bond donors (Lipinski definition) is 0. The van der Waals surface area contributed by atoms with Crippen molar-refractivity contribution in [3.8, 4) is 0 Å². The van der Waals surface area contributed by atoms with E-state index in [0.29, 0.717) is 0 Å². The van der Waals surface area contributed by atoms with Gasteiger partial charge < -0.3 is 4.42 Å². The Kier molecular flexibility index (Phi) is 0.544. The topological polar surface area (TPSA) is 13.1 Å². The van der Waals surface area contributed by atoms with E-state index in [-0.39, 0.29) is 0 Å². The molecule has 1 heterocycles.